The van der Waals surface area contributed by atoms with Crippen molar-refractivity contribution < 1.29 is 0 Å². The standard InChI is InChI=1S/C15H24N2/c1-3-13-8-9-17(11-13)15-6-4-14(5-7-15)10-12(2)16/h4-7,12-13H,3,8-11,16H2,1-2H3. The van der Waals surface area contributed by atoms with Gasteiger partial charge in [0.1, 0.15) is 0 Å². The molecule has 0 radical (unpaired) electrons. The average molecular weight is 232 g/mol. The zero-order valence-electron chi connectivity index (χ0n) is 11.0. The van der Waals surface area contributed by atoms with Crippen LogP contribution in [0.25, 0.3) is 0 Å². The second kappa shape index (κ2) is 5.54. The van der Waals surface area contributed by atoms with Crippen LogP contribution in [0, 0.1) is 5.92 Å². The van der Waals surface area contributed by atoms with Crippen molar-refractivity contribution in [3.63, 3.8) is 0 Å². The number of nitrogens with zero attached hydrogens (tertiary/aromatic N) is 1. The zero-order chi connectivity index (χ0) is 12.3. The van der Waals surface area contributed by atoms with Crippen molar-refractivity contribution >= 4 is 5.69 Å². The summed E-state index contributed by atoms with van der Waals surface area (Å²) in [6.45, 7) is 6.79. The van der Waals surface area contributed by atoms with E-state index in [-0.39, 0.29) is 6.04 Å². The first-order valence-corrected chi connectivity index (χ1v) is 6.78. The quantitative estimate of drug-likeness (QED) is 0.865. The van der Waals surface area contributed by atoms with Gasteiger partial charge in [-0.1, -0.05) is 25.5 Å². The van der Waals surface area contributed by atoms with Gasteiger partial charge in [0.2, 0.25) is 0 Å². The third kappa shape index (κ3) is 3.22. The predicted octanol–water partition coefficient (Wildman–Crippen LogP) is 2.81. The Labute approximate surface area is 105 Å². The Kier molecular flexibility index (Phi) is 4.06. The fraction of sp³-hybridized carbons (Fsp3) is 0.600. The van der Waals surface area contributed by atoms with Gasteiger partial charge >= 0.3 is 0 Å². The lowest BCUT2D eigenvalue weighted by atomic mass is 10.1. The van der Waals surface area contributed by atoms with Crippen molar-refractivity contribution in [3.8, 4) is 0 Å². The summed E-state index contributed by atoms with van der Waals surface area (Å²) in [7, 11) is 0. The second-order valence-electron chi connectivity index (χ2n) is 5.36. The van der Waals surface area contributed by atoms with Gasteiger partial charge in [-0.3, -0.25) is 0 Å². The SMILES string of the molecule is CCC1CCN(c2ccc(CC(C)N)cc2)C1. The van der Waals surface area contributed by atoms with Gasteiger partial charge in [0, 0.05) is 24.8 Å². The monoisotopic (exact) mass is 232 g/mol. The Hall–Kier alpha value is -1.02. The maximum absolute atomic E-state index is 5.81. The molecule has 2 N–H and O–H groups in total. The molecule has 1 saturated heterocycles. The molecule has 2 nitrogen and oxygen atoms in total. The van der Waals surface area contributed by atoms with E-state index >= 15 is 0 Å². The molecule has 1 aromatic rings. The van der Waals surface area contributed by atoms with Crippen molar-refractivity contribution in [3.05, 3.63) is 29.8 Å². The maximum atomic E-state index is 5.81. The first-order chi connectivity index (χ1) is 8.19. The number of hydrogen-bond acceptors (Lipinski definition) is 2. The molecule has 2 unspecified atom stereocenters. The largest absolute Gasteiger partial charge is 0.371 e. The molecule has 0 amide bonds. The smallest absolute Gasteiger partial charge is 0.0366 e. The Morgan fingerprint density at radius 2 is 2.06 bits per heavy atom. The molecule has 0 saturated carbocycles. The number of hydrogen-bond donors (Lipinski definition) is 1. The fourth-order valence-corrected chi connectivity index (χ4v) is 2.62. The summed E-state index contributed by atoms with van der Waals surface area (Å²) in [5, 5.41) is 0. The number of rotatable bonds is 4. The summed E-state index contributed by atoms with van der Waals surface area (Å²) >= 11 is 0. The van der Waals surface area contributed by atoms with Crippen LogP contribution in [0.1, 0.15) is 32.3 Å². The van der Waals surface area contributed by atoms with Crippen LogP contribution in [0.2, 0.25) is 0 Å². The summed E-state index contributed by atoms with van der Waals surface area (Å²) < 4.78 is 0. The van der Waals surface area contributed by atoms with Crippen molar-refractivity contribution in [2.75, 3.05) is 18.0 Å². The Morgan fingerprint density at radius 1 is 1.35 bits per heavy atom. The molecule has 1 fully saturated rings. The van der Waals surface area contributed by atoms with Crippen LogP contribution in [-0.4, -0.2) is 19.1 Å². The van der Waals surface area contributed by atoms with Gasteiger partial charge in [0.15, 0.2) is 0 Å². The topological polar surface area (TPSA) is 29.3 Å². The van der Waals surface area contributed by atoms with Crippen molar-refractivity contribution in [2.45, 2.75) is 39.2 Å². The highest BCUT2D eigenvalue weighted by atomic mass is 15.1. The van der Waals surface area contributed by atoms with Gasteiger partial charge < -0.3 is 10.6 Å². The van der Waals surface area contributed by atoms with E-state index in [0.29, 0.717) is 0 Å². The molecule has 0 spiro atoms. The molecule has 94 valence electrons. The van der Waals surface area contributed by atoms with Crippen molar-refractivity contribution in [1.29, 1.82) is 0 Å². The van der Waals surface area contributed by atoms with Crippen LogP contribution in [0.15, 0.2) is 24.3 Å². The Morgan fingerprint density at radius 3 is 2.59 bits per heavy atom. The second-order valence-corrected chi connectivity index (χ2v) is 5.36. The predicted molar refractivity (Wildman–Crippen MR) is 74.4 cm³/mol. The molecule has 0 aliphatic carbocycles. The van der Waals surface area contributed by atoms with E-state index in [2.05, 4.69) is 43.0 Å². The molecule has 1 aliphatic rings. The van der Waals surface area contributed by atoms with Crippen LogP contribution in [0.3, 0.4) is 0 Å². The van der Waals surface area contributed by atoms with E-state index in [0.717, 1.165) is 12.3 Å². The lowest BCUT2D eigenvalue weighted by Gasteiger charge is -2.19. The molecule has 1 heterocycles. The van der Waals surface area contributed by atoms with Gasteiger partial charge in [-0.05, 0) is 43.4 Å². The van der Waals surface area contributed by atoms with E-state index in [4.69, 9.17) is 5.73 Å². The zero-order valence-corrected chi connectivity index (χ0v) is 11.0. The molecule has 0 bridgehead atoms. The molecule has 1 aromatic carbocycles. The minimum Gasteiger partial charge on any atom is -0.371 e. The molecule has 2 heteroatoms. The van der Waals surface area contributed by atoms with E-state index in [1.807, 2.05) is 0 Å². The van der Waals surface area contributed by atoms with Gasteiger partial charge in [-0.2, -0.15) is 0 Å². The van der Waals surface area contributed by atoms with Gasteiger partial charge in [0.05, 0.1) is 0 Å². The lowest BCUT2D eigenvalue weighted by Crippen LogP contribution is -2.20. The van der Waals surface area contributed by atoms with Gasteiger partial charge in [-0.15, -0.1) is 0 Å². The summed E-state index contributed by atoms with van der Waals surface area (Å²) in [5.74, 6) is 0.888. The van der Waals surface area contributed by atoms with Crippen molar-refractivity contribution in [1.82, 2.24) is 0 Å². The van der Waals surface area contributed by atoms with Gasteiger partial charge in [-0.25, -0.2) is 0 Å². The minimum absolute atomic E-state index is 0.247. The van der Waals surface area contributed by atoms with Crippen LogP contribution < -0.4 is 10.6 Å². The molecular formula is C15H24N2. The van der Waals surface area contributed by atoms with E-state index in [1.54, 1.807) is 0 Å². The lowest BCUT2D eigenvalue weighted by molar-refractivity contribution is 0.569. The van der Waals surface area contributed by atoms with E-state index in [1.165, 1.54) is 37.2 Å². The average Bonchev–Trinajstić information content (AvgIpc) is 2.78. The van der Waals surface area contributed by atoms with Gasteiger partial charge in [0.25, 0.3) is 0 Å². The fourth-order valence-electron chi connectivity index (χ4n) is 2.62. The van der Waals surface area contributed by atoms with E-state index < -0.39 is 0 Å². The Balaban J connectivity index is 1.98. The van der Waals surface area contributed by atoms with Crippen LogP contribution in [-0.2, 0) is 6.42 Å². The molecule has 17 heavy (non-hydrogen) atoms. The molecular weight excluding hydrogens is 208 g/mol. The minimum atomic E-state index is 0.247. The number of nitrogens with two attached hydrogens (primary N) is 1. The third-order valence-electron chi connectivity index (χ3n) is 3.72. The Bertz CT molecular complexity index is 342. The first-order valence-electron chi connectivity index (χ1n) is 6.78. The number of anilines is 1. The van der Waals surface area contributed by atoms with Crippen LogP contribution in [0.5, 0.6) is 0 Å². The third-order valence-corrected chi connectivity index (χ3v) is 3.72. The summed E-state index contributed by atoms with van der Waals surface area (Å²) in [6, 6.07) is 9.18. The highest BCUT2D eigenvalue weighted by molar-refractivity contribution is 5.48. The highest BCUT2D eigenvalue weighted by Gasteiger charge is 2.20. The molecule has 1 aliphatic heterocycles. The molecule has 2 atom stereocenters. The normalized spacial score (nSPS) is 21.8. The highest BCUT2D eigenvalue weighted by Crippen LogP contribution is 2.25. The van der Waals surface area contributed by atoms with Crippen LogP contribution in [0.4, 0.5) is 5.69 Å². The summed E-state index contributed by atoms with van der Waals surface area (Å²) in [4.78, 5) is 2.50. The van der Waals surface area contributed by atoms with Crippen LogP contribution >= 0.6 is 0 Å². The summed E-state index contributed by atoms with van der Waals surface area (Å²) in [6.07, 6.45) is 3.62. The maximum Gasteiger partial charge on any atom is 0.0366 e. The first kappa shape index (κ1) is 12.4. The van der Waals surface area contributed by atoms with E-state index in [9.17, 15) is 0 Å². The summed E-state index contributed by atoms with van der Waals surface area (Å²) in [5.41, 5.74) is 8.52. The molecule has 2 rings (SSSR count). The molecule has 0 aromatic heterocycles. The van der Waals surface area contributed by atoms with Crippen molar-refractivity contribution in [2.24, 2.45) is 11.7 Å². The number of benzene rings is 1.